The van der Waals surface area contributed by atoms with Crippen LogP contribution in [-0.4, -0.2) is 37.9 Å². The largest absolute Gasteiger partial charge is 0.310 e. The van der Waals surface area contributed by atoms with Gasteiger partial charge in [0.15, 0.2) is 0 Å². The number of aromatic nitrogens is 4. The van der Waals surface area contributed by atoms with E-state index in [9.17, 15) is 4.79 Å². The molecule has 3 aromatic rings. The summed E-state index contributed by atoms with van der Waals surface area (Å²) in [6.07, 6.45) is 0.949. The average Bonchev–Trinajstić information content (AvgIpc) is 3.04. The van der Waals surface area contributed by atoms with Crippen LogP contribution in [0.3, 0.4) is 0 Å². The second-order valence-electron chi connectivity index (χ2n) is 6.74. The summed E-state index contributed by atoms with van der Waals surface area (Å²) in [6, 6.07) is 16.0. The Hall–Kier alpha value is -2.67. The fraction of sp³-hybridized carbons (Fsp3) is 0.300. The number of aryl methyl sites for hydroxylation is 1. The summed E-state index contributed by atoms with van der Waals surface area (Å²) >= 11 is 1.82. The van der Waals surface area contributed by atoms with Crippen molar-refractivity contribution in [2.24, 2.45) is 0 Å². The summed E-state index contributed by atoms with van der Waals surface area (Å²) in [5, 5.41) is 13.0. The third-order valence-corrected chi connectivity index (χ3v) is 5.82. The number of anilines is 1. The van der Waals surface area contributed by atoms with Crippen molar-refractivity contribution >= 4 is 23.4 Å². The number of fused-ring (bicyclic) bond motifs is 1. The molecular formula is C20H21N5OS. The molecule has 0 saturated carbocycles. The van der Waals surface area contributed by atoms with E-state index in [0.29, 0.717) is 17.6 Å². The van der Waals surface area contributed by atoms with Crippen molar-refractivity contribution < 1.29 is 4.79 Å². The Labute approximate surface area is 162 Å². The maximum atomic E-state index is 13.0. The van der Waals surface area contributed by atoms with Gasteiger partial charge in [-0.2, -0.15) is 4.80 Å². The second-order valence-corrected chi connectivity index (χ2v) is 8.22. The van der Waals surface area contributed by atoms with Crippen molar-refractivity contribution in [2.75, 3.05) is 11.4 Å². The van der Waals surface area contributed by atoms with E-state index in [4.69, 9.17) is 0 Å². The zero-order chi connectivity index (χ0) is 18.8. The summed E-state index contributed by atoms with van der Waals surface area (Å²) in [6.45, 7) is 5.00. The van der Waals surface area contributed by atoms with Gasteiger partial charge in [0.1, 0.15) is 6.54 Å². The number of benzene rings is 2. The Morgan fingerprint density at radius 2 is 1.96 bits per heavy atom. The average molecular weight is 379 g/mol. The molecule has 1 aromatic heterocycles. The standard InChI is InChI=1S/C20H21N5OS/c1-14-7-9-16(10-8-14)20-21-23-25(22-20)13-19(26)24-12-11-15(2)27-18-6-4-3-5-17(18)24/h3-10,15H,11-13H2,1-2H3. The molecule has 0 saturated heterocycles. The highest BCUT2D eigenvalue weighted by atomic mass is 32.2. The smallest absolute Gasteiger partial charge is 0.250 e. The molecule has 0 spiro atoms. The first-order valence-electron chi connectivity index (χ1n) is 9.01. The van der Waals surface area contributed by atoms with Crippen molar-refractivity contribution in [3.8, 4) is 11.4 Å². The first kappa shape index (κ1) is 17.7. The van der Waals surface area contributed by atoms with Crippen LogP contribution in [0.1, 0.15) is 18.9 Å². The minimum atomic E-state index is -0.0231. The summed E-state index contributed by atoms with van der Waals surface area (Å²) in [7, 11) is 0. The zero-order valence-corrected chi connectivity index (χ0v) is 16.2. The molecule has 138 valence electrons. The van der Waals surface area contributed by atoms with Gasteiger partial charge >= 0.3 is 0 Å². The highest BCUT2D eigenvalue weighted by Gasteiger charge is 2.24. The van der Waals surface area contributed by atoms with E-state index in [2.05, 4.69) is 28.4 Å². The fourth-order valence-corrected chi connectivity index (χ4v) is 4.19. The van der Waals surface area contributed by atoms with Crippen molar-refractivity contribution in [3.63, 3.8) is 0 Å². The van der Waals surface area contributed by atoms with Crippen LogP contribution < -0.4 is 4.90 Å². The SMILES string of the molecule is Cc1ccc(-c2nnn(CC(=O)N3CCC(C)Sc4ccccc43)n2)cc1. The molecule has 0 bridgehead atoms. The van der Waals surface area contributed by atoms with Gasteiger partial charge in [0, 0.05) is 22.3 Å². The number of para-hydroxylation sites is 1. The molecule has 1 unspecified atom stereocenters. The van der Waals surface area contributed by atoms with Gasteiger partial charge in [-0.15, -0.1) is 22.0 Å². The van der Waals surface area contributed by atoms with Gasteiger partial charge in [0.25, 0.3) is 5.91 Å². The minimum absolute atomic E-state index is 0.0231. The lowest BCUT2D eigenvalue weighted by Gasteiger charge is -2.22. The second kappa shape index (κ2) is 7.52. The number of hydrogen-bond acceptors (Lipinski definition) is 5. The van der Waals surface area contributed by atoms with Crippen LogP contribution in [0.2, 0.25) is 0 Å². The molecular weight excluding hydrogens is 358 g/mol. The predicted octanol–water partition coefficient (Wildman–Crippen LogP) is 3.57. The Bertz CT molecular complexity index is 953. The van der Waals surface area contributed by atoms with Crippen molar-refractivity contribution in [3.05, 3.63) is 54.1 Å². The highest BCUT2D eigenvalue weighted by Crippen LogP contribution is 2.37. The van der Waals surface area contributed by atoms with Crippen LogP contribution in [0.15, 0.2) is 53.4 Å². The summed E-state index contributed by atoms with van der Waals surface area (Å²) in [4.78, 5) is 17.3. The number of thioether (sulfide) groups is 1. The maximum absolute atomic E-state index is 13.0. The maximum Gasteiger partial charge on any atom is 0.250 e. The minimum Gasteiger partial charge on any atom is -0.310 e. The monoisotopic (exact) mass is 379 g/mol. The van der Waals surface area contributed by atoms with E-state index in [-0.39, 0.29) is 12.5 Å². The molecule has 7 heteroatoms. The number of hydrogen-bond donors (Lipinski definition) is 0. The molecule has 6 nitrogen and oxygen atoms in total. The lowest BCUT2D eigenvalue weighted by molar-refractivity contribution is -0.119. The van der Waals surface area contributed by atoms with E-state index < -0.39 is 0 Å². The molecule has 1 aliphatic rings. The molecule has 1 aliphatic heterocycles. The molecule has 27 heavy (non-hydrogen) atoms. The van der Waals surface area contributed by atoms with Gasteiger partial charge in [-0.3, -0.25) is 4.79 Å². The predicted molar refractivity (Wildman–Crippen MR) is 107 cm³/mol. The quantitative estimate of drug-likeness (QED) is 0.696. The van der Waals surface area contributed by atoms with Crippen molar-refractivity contribution in [1.29, 1.82) is 0 Å². The Balaban J connectivity index is 1.53. The van der Waals surface area contributed by atoms with Crippen LogP contribution in [0.25, 0.3) is 11.4 Å². The van der Waals surface area contributed by atoms with Crippen LogP contribution >= 0.6 is 11.8 Å². The van der Waals surface area contributed by atoms with Gasteiger partial charge in [0.05, 0.1) is 5.69 Å². The van der Waals surface area contributed by atoms with Crippen LogP contribution in [-0.2, 0) is 11.3 Å². The summed E-state index contributed by atoms with van der Waals surface area (Å²) in [5.41, 5.74) is 3.04. The number of carbonyl (C=O) groups is 1. The van der Waals surface area contributed by atoms with Crippen molar-refractivity contribution in [1.82, 2.24) is 20.2 Å². The molecule has 0 aliphatic carbocycles. The van der Waals surface area contributed by atoms with Crippen LogP contribution in [0.5, 0.6) is 0 Å². The molecule has 0 radical (unpaired) electrons. The van der Waals surface area contributed by atoms with E-state index in [1.807, 2.05) is 66.1 Å². The molecule has 1 amide bonds. The van der Waals surface area contributed by atoms with Gasteiger partial charge in [-0.05, 0) is 30.7 Å². The fourth-order valence-electron chi connectivity index (χ4n) is 3.08. The van der Waals surface area contributed by atoms with E-state index >= 15 is 0 Å². The summed E-state index contributed by atoms with van der Waals surface area (Å²) < 4.78 is 0. The number of carbonyl (C=O) groups excluding carboxylic acids is 1. The third-order valence-electron chi connectivity index (χ3n) is 4.58. The highest BCUT2D eigenvalue weighted by molar-refractivity contribution is 8.00. The lowest BCUT2D eigenvalue weighted by atomic mass is 10.1. The van der Waals surface area contributed by atoms with Gasteiger partial charge in [0.2, 0.25) is 5.82 Å². The molecule has 2 heterocycles. The summed E-state index contributed by atoms with van der Waals surface area (Å²) in [5.74, 6) is 0.508. The van der Waals surface area contributed by atoms with Crippen LogP contribution in [0.4, 0.5) is 5.69 Å². The van der Waals surface area contributed by atoms with E-state index in [0.717, 1.165) is 22.6 Å². The van der Waals surface area contributed by atoms with Gasteiger partial charge < -0.3 is 4.90 Å². The number of nitrogens with zero attached hydrogens (tertiary/aromatic N) is 5. The molecule has 1 atom stereocenters. The number of amides is 1. The third kappa shape index (κ3) is 3.88. The van der Waals surface area contributed by atoms with Gasteiger partial charge in [-0.1, -0.05) is 48.9 Å². The Morgan fingerprint density at radius 3 is 2.78 bits per heavy atom. The van der Waals surface area contributed by atoms with Crippen LogP contribution in [0, 0.1) is 6.92 Å². The lowest BCUT2D eigenvalue weighted by Crippen LogP contribution is -2.35. The van der Waals surface area contributed by atoms with E-state index in [1.165, 1.54) is 10.4 Å². The first-order valence-corrected chi connectivity index (χ1v) is 9.89. The Kier molecular flexibility index (Phi) is 4.94. The topological polar surface area (TPSA) is 63.9 Å². The van der Waals surface area contributed by atoms with Gasteiger partial charge in [-0.25, -0.2) is 0 Å². The molecule has 0 fully saturated rings. The molecule has 2 aromatic carbocycles. The number of rotatable bonds is 3. The molecule has 4 rings (SSSR count). The Morgan fingerprint density at radius 1 is 1.19 bits per heavy atom. The van der Waals surface area contributed by atoms with E-state index in [1.54, 1.807) is 0 Å². The number of tetrazole rings is 1. The first-order chi connectivity index (χ1) is 13.1. The van der Waals surface area contributed by atoms with Crippen molar-refractivity contribution in [2.45, 2.75) is 37.0 Å². The molecule has 0 N–H and O–H groups in total. The zero-order valence-electron chi connectivity index (χ0n) is 15.4. The normalized spacial score (nSPS) is 16.7.